The molecule has 0 bridgehead atoms. The van der Waals surface area contributed by atoms with Crippen LogP contribution in [0.4, 0.5) is 19.2 Å². The summed E-state index contributed by atoms with van der Waals surface area (Å²) in [5.41, 5.74) is -2.47. The maximum atomic E-state index is 13.9. The van der Waals surface area contributed by atoms with Crippen molar-refractivity contribution in [2.75, 3.05) is 18.2 Å². The van der Waals surface area contributed by atoms with Crippen molar-refractivity contribution in [3.8, 4) is 17.3 Å². The zero-order valence-electron chi connectivity index (χ0n) is 19.6. The normalized spacial score (nSPS) is 20.9. The lowest BCUT2D eigenvalue weighted by Crippen LogP contribution is -2.52. The minimum absolute atomic E-state index is 0.0624. The van der Waals surface area contributed by atoms with Crippen molar-refractivity contribution in [3.05, 3.63) is 29.3 Å². The summed E-state index contributed by atoms with van der Waals surface area (Å²) in [7, 11) is 0. The number of alkyl halides is 3. The summed E-state index contributed by atoms with van der Waals surface area (Å²) < 4.78 is 51.2. The number of rotatable bonds is 7. The predicted octanol–water partition coefficient (Wildman–Crippen LogP) is 5.46. The Morgan fingerprint density at radius 1 is 1.24 bits per heavy atom. The highest BCUT2D eigenvalue weighted by atomic mass is 32.2. The molecule has 0 saturated heterocycles. The van der Waals surface area contributed by atoms with E-state index in [-0.39, 0.29) is 36.5 Å². The molecular formula is C23H27F3N4O3S. The Balaban J connectivity index is 1.69. The number of hydrogen-bond donors (Lipinski definition) is 2. The number of aryl methyl sites for hydroxylation is 1. The molecule has 2 N–H and O–H groups in total. The Hall–Kier alpha value is -2.53. The van der Waals surface area contributed by atoms with Gasteiger partial charge in [-0.15, -0.1) is 5.10 Å². The van der Waals surface area contributed by atoms with E-state index in [4.69, 9.17) is 14.1 Å². The zero-order valence-corrected chi connectivity index (χ0v) is 20.4. The van der Waals surface area contributed by atoms with Crippen molar-refractivity contribution in [1.29, 1.82) is 0 Å². The molecule has 34 heavy (non-hydrogen) atoms. The van der Waals surface area contributed by atoms with Gasteiger partial charge in [-0.1, -0.05) is 25.9 Å². The molecule has 2 heterocycles. The highest BCUT2D eigenvalue weighted by molar-refractivity contribution is 7.99. The number of nitrogens with one attached hydrogen (secondary N) is 1. The monoisotopic (exact) mass is 496 g/mol. The maximum absolute atomic E-state index is 13.9. The summed E-state index contributed by atoms with van der Waals surface area (Å²) in [6, 6.07) is 4.88. The number of aliphatic hydroxyl groups is 1. The summed E-state index contributed by atoms with van der Waals surface area (Å²) >= 11 is 0.321. The lowest BCUT2D eigenvalue weighted by molar-refractivity contribution is -0.0875. The molecule has 7 nitrogen and oxygen atoms in total. The fourth-order valence-electron chi connectivity index (χ4n) is 4.01. The number of halogens is 3. The number of ether oxygens (including phenoxy) is 1. The van der Waals surface area contributed by atoms with Gasteiger partial charge in [0.1, 0.15) is 18.1 Å². The second kappa shape index (κ2) is 8.60. The molecule has 11 heteroatoms. The lowest BCUT2D eigenvalue weighted by atomic mass is 9.77. The third-order valence-electron chi connectivity index (χ3n) is 5.85. The number of benzene rings is 1. The van der Waals surface area contributed by atoms with Gasteiger partial charge < -0.3 is 19.6 Å². The molecule has 0 amide bonds. The molecular weight excluding hydrogens is 469 g/mol. The number of pyridine rings is 1. The van der Waals surface area contributed by atoms with Gasteiger partial charge in [-0.05, 0) is 72.5 Å². The molecule has 3 aromatic rings. The third kappa shape index (κ3) is 4.95. The Bertz CT molecular complexity index is 1210. The molecule has 4 rings (SSSR count). The van der Waals surface area contributed by atoms with Gasteiger partial charge in [0.25, 0.3) is 5.89 Å². The maximum Gasteiger partial charge on any atom is 0.452 e. The predicted molar refractivity (Wildman–Crippen MR) is 125 cm³/mol. The molecule has 0 unspecified atom stereocenters. The van der Waals surface area contributed by atoms with Crippen LogP contribution in [0.15, 0.2) is 22.6 Å². The van der Waals surface area contributed by atoms with Crippen LogP contribution in [-0.4, -0.2) is 50.3 Å². The largest absolute Gasteiger partial charge is 0.452 e. The highest BCUT2D eigenvalue weighted by Gasteiger charge is 2.43. The SMILES string of the molecule is CSC(F)(F)Oc1cc(C(C)(C)C)c2nc(-c3nnc(N[C@H]4C[C@](O)(CF)C4)o3)cc(C)c2c1. The molecule has 0 aliphatic heterocycles. The molecule has 2 aromatic heterocycles. The topological polar surface area (TPSA) is 93.3 Å². The Morgan fingerprint density at radius 3 is 2.56 bits per heavy atom. The average molecular weight is 497 g/mol. The molecule has 1 saturated carbocycles. The smallest absolute Gasteiger partial charge is 0.424 e. The van der Waals surface area contributed by atoms with E-state index in [2.05, 4.69) is 15.5 Å². The summed E-state index contributed by atoms with van der Waals surface area (Å²) in [5, 5.41) is 21.6. The van der Waals surface area contributed by atoms with Crippen LogP contribution in [0.25, 0.3) is 22.5 Å². The molecule has 1 aliphatic carbocycles. The fourth-order valence-corrected chi connectivity index (χ4v) is 4.19. The highest BCUT2D eigenvalue weighted by Crippen LogP contribution is 2.39. The third-order valence-corrected chi connectivity index (χ3v) is 6.41. The Kier molecular flexibility index (Phi) is 6.22. The number of thioether (sulfide) groups is 1. The van der Waals surface area contributed by atoms with Crippen LogP contribution in [-0.2, 0) is 5.41 Å². The van der Waals surface area contributed by atoms with Crippen LogP contribution >= 0.6 is 11.8 Å². The molecule has 0 radical (unpaired) electrons. The number of anilines is 1. The molecule has 1 aliphatic rings. The Morgan fingerprint density at radius 2 is 1.94 bits per heavy atom. The van der Waals surface area contributed by atoms with Gasteiger partial charge >= 0.3 is 11.5 Å². The minimum atomic E-state index is -3.35. The summed E-state index contributed by atoms with van der Waals surface area (Å²) in [6.45, 7) is 6.95. The molecule has 0 atom stereocenters. The van der Waals surface area contributed by atoms with E-state index in [0.717, 1.165) is 11.1 Å². The minimum Gasteiger partial charge on any atom is -0.424 e. The van der Waals surface area contributed by atoms with E-state index in [0.29, 0.717) is 28.4 Å². The second-order valence-corrected chi connectivity index (χ2v) is 10.6. The number of fused-ring (bicyclic) bond motifs is 1. The average Bonchev–Trinajstić information content (AvgIpc) is 3.20. The number of nitrogens with zero attached hydrogens (tertiary/aromatic N) is 3. The van der Waals surface area contributed by atoms with Crippen LogP contribution < -0.4 is 10.1 Å². The second-order valence-electron chi connectivity index (χ2n) is 9.73. The van der Waals surface area contributed by atoms with Crippen LogP contribution in [0.2, 0.25) is 0 Å². The van der Waals surface area contributed by atoms with Gasteiger partial charge in [-0.25, -0.2) is 9.37 Å². The first-order valence-corrected chi connectivity index (χ1v) is 12.0. The first-order valence-electron chi connectivity index (χ1n) is 10.8. The molecule has 1 fully saturated rings. The van der Waals surface area contributed by atoms with Gasteiger partial charge in [0.15, 0.2) is 0 Å². The van der Waals surface area contributed by atoms with Crippen LogP contribution in [0.5, 0.6) is 5.75 Å². The van der Waals surface area contributed by atoms with E-state index in [9.17, 15) is 18.3 Å². The number of aromatic nitrogens is 3. The summed E-state index contributed by atoms with van der Waals surface area (Å²) in [5.74, 6) is 0.245. The van der Waals surface area contributed by atoms with E-state index in [1.165, 1.54) is 6.26 Å². The van der Waals surface area contributed by atoms with Gasteiger partial charge in [0.2, 0.25) is 0 Å². The molecule has 1 aromatic carbocycles. The summed E-state index contributed by atoms with van der Waals surface area (Å²) in [6.07, 6.45) is 1.79. The molecule has 0 spiro atoms. The lowest BCUT2D eigenvalue weighted by Gasteiger charge is -2.41. The van der Waals surface area contributed by atoms with Crippen molar-refractivity contribution >= 4 is 28.7 Å². The molecule has 184 valence electrons. The van der Waals surface area contributed by atoms with Crippen molar-refractivity contribution in [2.45, 2.75) is 63.0 Å². The van der Waals surface area contributed by atoms with Crippen molar-refractivity contribution in [1.82, 2.24) is 15.2 Å². The summed E-state index contributed by atoms with van der Waals surface area (Å²) in [4.78, 5) is 4.73. The fraction of sp³-hybridized carbons (Fsp3) is 0.522. The van der Waals surface area contributed by atoms with E-state index in [1.807, 2.05) is 27.7 Å². The van der Waals surface area contributed by atoms with Gasteiger partial charge in [-0.2, -0.15) is 8.78 Å². The standard InChI is InChI=1S/C23H27F3N4O3S/c1-12-6-17(19-29-30-20(32-19)27-13-9-22(31,10-13)11-24)28-18-15(12)7-14(33-23(25,26)34-5)8-16(18)21(2,3)4/h6-8,13,31H,9-11H2,1-5H3,(H,27,30)/t13-,22+. The van der Waals surface area contributed by atoms with Gasteiger partial charge in [-0.3, -0.25) is 0 Å². The first kappa shape index (κ1) is 24.6. The van der Waals surface area contributed by atoms with E-state index < -0.39 is 23.1 Å². The van der Waals surface area contributed by atoms with Crippen LogP contribution in [0, 0.1) is 6.92 Å². The Labute approximate surface area is 199 Å². The van der Waals surface area contributed by atoms with Crippen LogP contribution in [0.1, 0.15) is 44.7 Å². The van der Waals surface area contributed by atoms with Gasteiger partial charge in [0, 0.05) is 11.4 Å². The van der Waals surface area contributed by atoms with Gasteiger partial charge in [0.05, 0.1) is 11.1 Å². The first-order chi connectivity index (χ1) is 15.8. The zero-order chi connectivity index (χ0) is 24.9. The van der Waals surface area contributed by atoms with E-state index >= 15 is 0 Å². The van der Waals surface area contributed by atoms with E-state index in [1.54, 1.807) is 18.2 Å². The van der Waals surface area contributed by atoms with Crippen LogP contribution in [0.3, 0.4) is 0 Å². The van der Waals surface area contributed by atoms with Crippen molar-refractivity contribution in [3.63, 3.8) is 0 Å². The number of hydrogen-bond acceptors (Lipinski definition) is 8. The quantitative estimate of drug-likeness (QED) is 0.417. The van der Waals surface area contributed by atoms with Crippen molar-refractivity contribution in [2.24, 2.45) is 0 Å². The van der Waals surface area contributed by atoms with Crippen molar-refractivity contribution < 1.29 is 27.4 Å².